The number of rotatable bonds is 4. The Hall–Kier alpha value is -3.19. The van der Waals surface area contributed by atoms with Gasteiger partial charge >= 0.3 is 0 Å². The van der Waals surface area contributed by atoms with E-state index in [2.05, 4.69) is 33.3 Å². The van der Waals surface area contributed by atoms with Gasteiger partial charge in [-0.3, -0.25) is 4.79 Å². The van der Waals surface area contributed by atoms with Crippen molar-refractivity contribution in [1.82, 2.24) is 24.6 Å². The van der Waals surface area contributed by atoms with E-state index in [9.17, 15) is 4.79 Å². The fraction of sp³-hybridized carbons (Fsp3) is 0.182. The highest BCUT2D eigenvalue weighted by Crippen LogP contribution is 2.27. The third kappa shape index (κ3) is 3.49. The van der Waals surface area contributed by atoms with Crippen LogP contribution in [0.25, 0.3) is 16.7 Å². The fourth-order valence-corrected chi connectivity index (χ4v) is 4.49. The smallest absolute Gasteiger partial charge is 0.233 e. The van der Waals surface area contributed by atoms with Crippen LogP contribution in [-0.4, -0.2) is 42.9 Å². The Morgan fingerprint density at radius 3 is 2.66 bits per heavy atom. The standard InChI is InChI=1S/C22H19N5OS/c28-20(26-11-10-16-6-4-5-7-17(16)13-26)14-29-22-19-12-25-27(21(19)23-15-24-22)18-8-2-1-3-9-18/h1-9,12,15H,10-11,13-14H2. The van der Waals surface area contributed by atoms with Crippen molar-refractivity contribution in [2.24, 2.45) is 0 Å². The minimum absolute atomic E-state index is 0.131. The van der Waals surface area contributed by atoms with E-state index >= 15 is 0 Å². The van der Waals surface area contributed by atoms with Gasteiger partial charge in [0.1, 0.15) is 11.4 Å². The lowest BCUT2D eigenvalue weighted by Gasteiger charge is -2.28. The number of thioether (sulfide) groups is 1. The van der Waals surface area contributed by atoms with Gasteiger partial charge in [0.05, 0.1) is 23.0 Å². The van der Waals surface area contributed by atoms with Crippen molar-refractivity contribution in [2.45, 2.75) is 18.0 Å². The third-order valence-corrected chi connectivity index (χ3v) is 6.14. The number of carbonyl (C=O) groups excluding carboxylic acids is 1. The van der Waals surface area contributed by atoms with Gasteiger partial charge in [-0.15, -0.1) is 0 Å². The van der Waals surface area contributed by atoms with Crippen LogP contribution in [0.4, 0.5) is 0 Å². The van der Waals surface area contributed by atoms with Crippen molar-refractivity contribution >= 4 is 28.7 Å². The lowest BCUT2D eigenvalue weighted by Crippen LogP contribution is -2.37. The van der Waals surface area contributed by atoms with Crippen LogP contribution in [0, 0.1) is 0 Å². The van der Waals surface area contributed by atoms with Crippen molar-refractivity contribution < 1.29 is 4.79 Å². The molecule has 29 heavy (non-hydrogen) atoms. The summed E-state index contributed by atoms with van der Waals surface area (Å²) in [6, 6.07) is 18.2. The summed E-state index contributed by atoms with van der Waals surface area (Å²) in [5.74, 6) is 0.483. The molecule has 5 rings (SSSR count). The minimum Gasteiger partial charge on any atom is -0.337 e. The van der Waals surface area contributed by atoms with E-state index in [1.807, 2.05) is 41.3 Å². The number of nitrogens with zero attached hydrogens (tertiary/aromatic N) is 5. The lowest BCUT2D eigenvalue weighted by molar-refractivity contribution is -0.129. The number of para-hydroxylation sites is 1. The molecule has 2 aromatic heterocycles. The van der Waals surface area contributed by atoms with E-state index in [1.54, 1.807) is 10.9 Å². The molecule has 7 heteroatoms. The number of hydrogen-bond acceptors (Lipinski definition) is 5. The highest BCUT2D eigenvalue weighted by Gasteiger charge is 2.21. The van der Waals surface area contributed by atoms with Crippen LogP contribution in [0.1, 0.15) is 11.1 Å². The molecule has 0 saturated heterocycles. The molecule has 2 aromatic carbocycles. The predicted molar refractivity (Wildman–Crippen MR) is 113 cm³/mol. The molecular formula is C22H19N5OS. The fourth-order valence-electron chi connectivity index (χ4n) is 3.63. The summed E-state index contributed by atoms with van der Waals surface area (Å²) in [5, 5.41) is 6.11. The van der Waals surface area contributed by atoms with Gasteiger partial charge in [0.25, 0.3) is 0 Å². The number of benzene rings is 2. The summed E-state index contributed by atoms with van der Waals surface area (Å²) in [6.07, 6.45) is 4.22. The zero-order valence-electron chi connectivity index (χ0n) is 15.7. The summed E-state index contributed by atoms with van der Waals surface area (Å²) in [7, 11) is 0. The molecule has 0 fully saturated rings. The highest BCUT2D eigenvalue weighted by atomic mass is 32.2. The first kappa shape index (κ1) is 17.9. The number of carbonyl (C=O) groups is 1. The SMILES string of the molecule is O=C(CSc1ncnc2c1cnn2-c1ccccc1)N1CCc2ccccc2C1. The summed E-state index contributed by atoms with van der Waals surface area (Å²) >= 11 is 1.45. The van der Waals surface area contributed by atoms with Gasteiger partial charge in [0.15, 0.2) is 5.65 Å². The molecule has 3 heterocycles. The first-order valence-corrected chi connectivity index (χ1v) is 10.5. The molecule has 1 aliphatic rings. The Labute approximate surface area is 172 Å². The van der Waals surface area contributed by atoms with Gasteiger partial charge in [-0.1, -0.05) is 54.2 Å². The second kappa shape index (κ2) is 7.67. The maximum atomic E-state index is 12.8. The van der Waals surface area contributed by atoms with Crippen molar-refractivity contribution in [1.29, 1.82) is 0 Å². The van der Waals surface area contributed by atoms with Crippen LogP contribution in [0.2, 0.25) is 0 Å². The number of fused-ring (bicyclic) bond motifs is 2. The van der Waals surface area contributed by atoms with Crippen molar-refractivity contribution in [3.63, 3.8) is 0 Å². The summed E-state index contributed by atoms with van der Waals surface area (Å²) in [5.41, 5.74) is 4.27. The van der Waals surface area contributed by atoms with E-state index in [4.69, 9.17) is 0 Å². The Kier molecular flexibility index (Phi) is 4.73. The average molecular weight is 401 g/mol. The molecule has 144 valence electrons. The van der Waals surface area contributed by atoms with E-state index in [0.717, 1.165) is 34.7 Å². The van der Waals surface area contributed by atoms with Gasteiger partial charge in [-0.2, -0.15) is 5.10 Å². The van der Waals surface area contributed by atoms with Crippen LogP contribution < -0.4 is 0 Å². The normalized spacial score (nSPS) is 13.4. The minimum atomic E-state index is 0.131. The molecule has 1 aliphatic heterocycles. The summed E-state index contributed by atoms with van der Waals surface area (Å²) in [4.78, 5) is 23.5. The third-order valence-electron chi connectivity index (χ3n) is 5.15. The molecule has 0 N–H and O–H groups in total. The zero-order chi connectivity index (χ0) is 19.6. The first-order valence-electron chi connectivity index (χ1n) is 9.51. The Bertz CT molecular complexity index is 1170. The summed E-state index contributed by atoms with van der Waals surface area (Å²) in [6.45, 7) is 1.45. The van der Waals surface area contributed by atoms with E-state index in [-0.39, 0.29) is 5.91 Å². The number of hydrogen-bond donors (Lipinski definition) is 0. The molecule has 4 aromatic rings. The Morgan fingerprint density at radius 2 is 1.79 bits per heavy atom. The molecule has 0 unspecified atom stereocenters. The molecule has 0 atom stereocenters. The molecule has 0 radical (unpaired) electrons. The van der Waals surface area contributed by atoms with Gasteiger partial charge in [0, 0.05) is 13.1 Å². The van der Waals surface area contributed by atoms with Crippen LogP contribution in [-0.2, 0) is 17.8 Å². The first-order chi connectivity index (χ1) is 14.3. The highest BCUT2D eigenvalue weighted by molar-refractivity contribution is 8.00. The topological polar surface area (TPSA) is 63.9 Å². The Morgan fingerprint density at radius 1 is 1.00 bits per heavy atom. The molecular weight excluding hydrogens is 382 g/mol. The van der Waals surface area contributed by atoms with Crippen LogP contribution in [0.3, 0.4) is 0 Å². The molecule has 0 aliphatic carbocycles. The van der Waals surface area contributed by atoms with Crippen LogP contribution >= 0.6 is 11.8 Å². The van der Waals surface area contributed by atoms with E-state index in [0.29, 0.717) is 12.3 Å². The van der Waals surface area contributed by atoms with Gasteiger partial charge in [-0.25, -0.2) is 14.6 Å². The molecule has 1 amide bonds. The summed E-state index contributed by atoms with van der Waals surface area (Å²) < 4.78 is 1.80. The van der Waals surface area contributed by atoms with E-state index < -0.39 is 0 Å². The molecule has 0 spiro atoms. The van der Waals surface area contributed by atoms with Crippen LogP contribution in [0.15, 0.2) is 72.1 Å². The predicted octanol–water partition coefficient (Wildman–Crippen LogP) is 3.49. The van der Waals surface area contributed by atoms with Crippen molar-refractivity contribution in [3.8, 4) is 5.69 Å². The molecule has 0 bridgehead atoms. The number of amides is 1. The second-order valence-electron chi connectivity index (χ2n) is 6.93. The molecule has 0 saturated carbocycles. The zero-order valence-corrected chi connectivity index (χ0v) is 16.5. The Balaban J connectivity index is 1.32. The second-order valence-corrected chi connectivity index (χ2v) is 7.89. The van der Waals surface area contributed by atoms with Gasteiger partial charge in [-0.05, 0) is 29.7 Å². The lowest BCUT2D eigenvalue weighted by atomic mass is 10.00. The number of aromatic nitrogens is 4. The largest absolute Gasteiger partial charge is 0.337 e. The van der Waals surface area contributed by atoms with E-state index in [1.165, 1.54) is 29.2 Å². The van der Waals surface area contributed by atoms with Crippen LogP contribution in [0.5, 0.6) is 0 Å². The quantitative estimate of drug-likeness (QED) is 0.387. The molecule has 6 nitrogen and oxygen atoms in total. The maximum Gasteiger partial charge on any atom is 0.233 e. The van der Waals surface area contributed by atoms with Gasteiger partial charge < -0.3 is 4.90 Å². The maximum absolute atomic E-state index is 12.8. The van der Waals surface area contributed by atoms with Crippen molar-refractivity contribution in [3.05, 3.63) is 78.2 Å². The van der Waals surface area contributed by atoms with Gasteiger partial charge in [0.2, 0.25) is 5.91 Å². The van der Waals surface area contributed by atoms with Crippen molar-refractivity contribution in [2.75, 3.05) is 12.3 Å². The monoisotopic (exact) mass is 401 g/mol. The average Bonchev–Trinajstić information content (AvgIpc) is 3.22.